The van der Waals surface area contributed by atoms with Gasteiger partial charge in [0.05, 0.1) is 27.0 Å². The van der Waals surface area contributed by atoms with Crippen LogP contribution >= 0.6 is 34.3 Å². The SMILES string of the molecule is CC(=O)Nc1nc(C)c(-c2cnc(Cl)c(NS(=O)(=O)c3sc(C)nc3C)c2)s1. The lowest BCUT2D eigenvalue weighted by Crippen LogP contribution is -2.13. The highest BCUT2D eigenvalue weighted by molar-refractivity contribution is 7.94. The molecule has 2 N–H and O–H groups in total. The summed E-state index contributed by atoms with van der Waals surface area (Å²) in [7, 11) is -3.85. The molecule has 148 valence electrons. The average molecular weight is 458 g/mol. The number of thiazole rings is 2. The van der Waals surface area contributed by atoms with Crippen molar-refractivity contribution in [1.82, 2.24) is 15.0 Å². The van der Waals surface area contributed by atoms with Gasteiger partial charge in [-0.1, -0.05) is 22.9 Å². The average Bonchev–Trinajstić information content (AvgIpc) is 3.11. The number of halogens is 1. The zero-order valence-corrected chi connectivity index (χ0v) is 18.5. The molecule has 1 amide bonds. The first-order valence-corrected chi connectivity index (χ1v) is 11.4. The quantitative estimate of drug-likeness (QED) is 0.559. The van der Waals surface area contributed by atoms with Gasteiger partial charge in [-0.25, -0.2) is 23.4 Å². The number of hydrogen-bond donors (Lipinski definition) is 2. The molecule has 0 spiro atoms. The Kier molecular flexibility index (Phi) is 5.71. The number of amides is 1. The van der Waals surface area contributed by atoms with E-state index >= 15 is 0 Å². The lowest BCUT2D eigenvalue weighted by Gasteiger charge is -2.09. The van der Waals surface area contributed by atoms with Crippen molar-refractivity contribution in [2.75, 3.05) is 10.0 Å². The molecule has 28 heavy (non-hydrogen) atoms. The topological polar surface area (TPSA) is 114 Å². The third-order valence-electron chi connectivity index (χ3n) is 3.53. The Morgan fingerprint density at radius 2 is 1.86 bits per heavy atom. The fraction of sp³-hybridized carbons (Fsp3) is 0.250. The van der Waals surface area contributed by atoms with Crippen LogP contribution in [-0.2, 0) is 14.8 Å². The van der Waals surface area contributed by atoms with Gasteiger partial charge in [0, 0.05) is 18.7 Å². The number of aryl methyl sites for hydroxylation is 3. The molecule has 0 fully saturated rings. The second-order valence-corrected chi connectivity index (χ2v) is 10.3. The number of aromatic nitrogens is 3. The van der Waals surface area contributed by atoms with Gasteiger partial charge in [-0.15, -0.1) is 11.3 Å². The van der Waals surface area contributed by atoms with Crippen LogP contribution in [0, 0.1) is 20.8 Å². The second kappa shape index (κ2) is 7.74. The summed E-state index contributed by atoms with van der Waals surface area (Å²) in [6.07, 6.45) is 1.53. The number of nitrogens with one attached hydrogen (secondary N) is 2. The Hall–Kier alpha value is -2.08. The van der Waals surface area contributed by atoms with E-state index in [4.69, 9.17) is 11.6 Å². The number of carbonyl (C=O) groups excluding carboxylic acids is 1. The molecule has 0 unspecified atom stereocenters. The van der Waals surface area contributed by atoms with Crippen LogP contribution in [-0.4, -0.2) is 29.3 Å². The molecule has 0 aromatic carbocycles. The first kappa shape index (κ1) is 20.6. The molecule has 3 aromatic heterocycles. The molecule has 12 heteroatoms. The minimum Gasteiger partial charge on any atom is -0.302 e. The minimum absolute atomic E-state index is 0.0236. The Morgan fingerprint density at radius 1 is 1.14 bits per heavy atom. The molecule has 0 saturated carbocycles. The highest BCUT2D eigenvalue weighted by atomic mass is 35.5. The summed E-state index contributed by atoms with van der Waals surface area (Å²) < 4.78 is 28.1. The third-order valence-corrected chi connectivity index (χ3v) is 8.00. The Balaban J connectivity index is 1.98. The van der Waals surface area contributed by atoms with Crippen LogP contribution in [0.15, 0.2) is 16.5 Å². The molecule has 0 radical (unpaired) electrons. The summed E-state index contributed by atoms with van der Waals surface area (Å²) >= 11 is 8.47. The predicted molar refractivity (Wildman–Crippen MR) is 112 cm³/mol. The van der Waals surface area contributed by atoms with E-state index in [-0.39, 0.29) is 21.0 Å². The maximum absolute atomic E-state index is 12.7. The van der Waals surface area contributed by atoms with E-state index in [1.54, 1.807) is 26.8 Å². The fourth-order valence-electron chi connectivity index (χ4n) is 2.47. The van der Waals surface area contributed by atoms with E-state index in [2.05, 4.69) is 25.0 Å². The Morgan fingerprint density at radius 3 is 2.46 bits per heavy atom. The maximum atomic E-state index is 12.7. The number of carbonyl (C=O) groups is 1. The van der Waals surface area contributed by atoms with Gasteiger partial charge < -0.3 is 5.32 Å². The van der Waals surface area contributed by atoms with Crippen molar-refractivity contribution in [3.8, 4) is 10.4 Å². The summed E-state index contributed by atoms with van der Waals surface area (Å²) in [5, 5.41) is 3.76. The van der Waals surface area contributed by atoms with Crippen molar-refractivity contribution in [3.63, 3.8) is 0 Å². The lowest BCUT2D eigenvalue weighted by molar-refractivity contribution is -0.114. The molecular weight excluding hydrogens is 442 g/mol. The normalized spacial score (nSPS) is 11.5. The van der Waals surface area contributed by atoms with Crippen LogP contribution in [0.4, 0.5) is 10.8 Å². The molecule has 0 atom stereocenters. The van der Waals surface area contributed by atoms with Crippen LogP contribution < -0.4 is 10.0 Å². The molecule has 3 aromatic rings. The zero-order chi connectivity index (χ0) is 20.6. The van der Waals surface area contributed by atoms with Crippen LogP contribution in [0.1, 0.15) is 23.3 Å². The summed E-state index contributed by atoms with van der Waals surface area (Å²) in [5.74, 6) is -0.224. The number of rotatable bonds is 5. The van der Waals surface area contributed by atoms with Gasteiger partial charge in [0.1, 0.15) is 0 Å². The van der Waals surface area contributed by atoms with Crippen LogP contribution in [0.3, 0.4) is 0 Å². The zero-order valence-electron chi connectivity index (χ0n) is 15.3. The number of nitrogens with zero attached hydrogens (tertiary/aromatic N) is 3. The van der Waals surface area contributed by atoms with Crippen molar-refractivity contribution in [2.45, 2.75) is 31.9 Å². The molecule has 3 heterocycles. The van der Waals surface area contributed by atoms with Crippen LogP contribution in [0.2, 0.25) is 5.15 Å². The Labute approximate surface area is 175 Å². The molecule has 0 bridgehead atoms. The van der Waals surface area contributed by atoms with Gasteiger partial charge in [0.2, 0.25) is 5.91 Å². The van der Waals surface area contributed by atoms with Gasteiger partial charge in [-0.2, -0.15) is 0 Å². The van der Waals surface area contributed by atoms with Gasteiger partial charge in [0.15, 0.2) is 14.5 Å². The van der Waals surface area contributed by atoms with Gasteiger partial charge in [0.25, 0.3) is 10.0 Å². The third kappa shape index (κ3) is 4.32. The summed E-state index contributed by atoms with van der Waals surface area (Å²) in [4.78, 5) is 24.5. The van der Waals surface area contributed by atoms with E-state index in [0.29, 0.717) is 27.1 Å². The fourth-order valence-corrected chi connectivity index (χ4v) is 6.21. The van der Waals surface area contributed by atoms with Crippen molar-refractivity contribution < 1.29 is 13.2 Å². The van der Waals surface area contributed by atoms with E-state index in [0.717, 1.165) is 16.2 Å². The van der Waals surface area contributed by atoms with Crippen molar-refractivity contribution in [2.24, 2.45) is 0 Å². The van der Waals surface area contributed by atoms with Gasteiger partial charge in [-0.3, -0.25) is 9.52 Å². The van der Waals surface area contributed by atoms with Gasteiger partial charge in [-0.05, 0) is 26.8 Å². The van der Waals surface area contributed by atoms with Crippen molar-refractivity contribution in [1.29, 1.82) is 0 Å². The molecular formula is C16H16ClN5O3S3. The van der Waals surface area contributed by atoms with Crippen molar-refractivity contribution in [3.05, 3.63) is 33.8 Å². The van der Waals surface area contributed by atoms with E-state index in [1.807, 2.05) is 0 Å². The lowest BCUT2D eigenvalue weighted by atomic mass is 10.2. The predicted octanol–water partition coefficient (Wildman–Crippen LogP) is 4.00. The van der Waals surface area contributed by atoms with Crippen molar-refractivity contribution >= 4 is 61.0 Å². The largest absolute Gasteiger partial charge is 0.302 e. The van der Waals surface area contributed by atoms with Crippen LogP contribution in [0.25, 0.3) is 10.4 Å². The minimum atomic E-state index is -3.85. The standard InChI is InChI=1S/C16H16ClN5O3S3/c1-7-13(27-16(20-7)21-9(3)23)11-5-12(14(17)18-6-11)22-28(24,25)15-8(2)19-10(4)26-15/h5-6,22H,1-4H3,(H,20,21,23). The maximum Gasteiger partial charge on any atom is 0.273 e. The molecule has 3 rings (SSSR count). The highest BCUT2D eigenvalue weighted by Gasteiger charge is 2.23. The van der Waals surface area contributed by atoms with Crippen LogP contribution in [0.5, 0.6) is 0 Å². The molecule has 0 aliphatic carbocycles. The number of pyridine rings is 1. The molecule has 0 saturated heterocycles. The van der Waals surface area contributed by atoms with Gasteiger partial charge >= 0.3 is 0 Å². The summed E-state index contributed by atoms with van der Waals surface area (Å²) in [5.41, 5.74) is 1.89. The smallest absolute Gasteiger partial charge is 0.273 e. The molecule has 8 nitrogen and oxygen atoms in total. The second-order valence-electron chi connectivity index (χ2n) is 5.89. The summed E-state index contributed by atoms with van der Waals surface area (Å²) in [6, 6.07) is 1.59. The van der Waals surface area contributed by atoms with E-state index in [9.17, 15) is 13.2 Å². The monoisotopic (exact) mass is 457 g/mol. The first-order valence-electron chi connectivity index (χ1n) is 7.94. The highest BCUT2D eigenvalue weighted by Crippen LogP contribution is 2.36. The number of sulfonamides is 1. The first-order chi connectivity index (χ1) is 13.1. The molecule has 0 aliphatic rings. The Bertz CT molecular complexity index is 1170. The number of anilines is 2. The van der Waals surface area contributed by atoms with E-state index < -0.39 is 10.0 Å². The summed E-state index contributed by atoms with van der Waals surface area (Å²) in [6.45, 7) is 6.57. The number of hydrogen-bond acceptors (Lipinski definition) is 8. The molecule has 0 aliphatic heterocycles. The van der Waals surface area contributed by atoms with E-state index in [1.165, 1.54) is 24.5 Å².